The molecule has 1 rings (SSSR count). The highest BCUT2D eigenvalue weighted by atomic mass is 16.3. The van der Waals surface area contributed by atoms with E-state index >= 15 is 0 Å². The molecule has 1 aliphatic rings. The van der Waals surface area contributed by atoms with Crippen LogP contribution in [0.3, 0.4) is 0 Å². The number of unbranched alkanes of at least 4 members (excludes halogenated alkanes) is 1. The first-order valence-corrected chi connectivity index (χ1v) is 8.16. The van der Waals surface area contributed by atoms with Crippen LogP contribution in [0.1, 0.15) is 71.1 Å². The Morgan fingerprint density at radius 1 is 1.26 bits per heavy atom. The van der Waals surface area contributed by atoms with Gasteiger partial charge in [-0.2, -0.15) is 0 Å². The fraction of sp³-hybridized carbons (Fsp3) is 0.938. The van der Waals surface area contributed by atoms with Crippen LogP contribution in [0.5, 0.6) is 0 Å². The Hall–Kier alpha value is -0.570. The Morgan fingerprint density at radius 3 is 2.63 bits per heavy atom. The smallest absolute Gasteiger partial charge is 0.223 e. The third-order valence-corrected chi connectivity index (χ3v) is 4.34. The largest absolute Gasteiger partial charge is 0.395 e. The molecular formula is C16H31NO2. The molecule has 0 aromatic heterocycles. The second kappa shape index (κ2) is 10.2. The molecule has 0 spiro atoms. The highest BCUT2D eigenvalue weighted by Gasteiger charge is 2.20. The summed E-state index contributed by atoms with van der Waals surface area (Å²) < 4.78 is 0. The first kappa shape index (κ1) is 16.5. The van der Waals surface area contributed by atoms with Crippen molar-refractivity contribution in [1.29, 1.82) is 0 Å². The van der Waals surface area contributed by atoms with E-state index in [0.717, 1.165) is 31.6 Å². The van der Waals surface area contributed by atoms with Crippen molar-refractivity contribution in [3.05, 3.63) is 0 Å². The zero-order valence-corrected chi connectivity index (χ0v) is 12.5. The fourth-order valence-corrected chi connectivity index (χ4v) is 3.09. The number of rotatable bonds is 9. The first-order chi connectivity index (χ1) is 9.27. The molecule has 1 unspecified atom stereocenters. The summed E-state index contributed by atoms with van der Waals surface area (Å²) >= 11 is 0. The maximum atomic E-state index is 12.1. The maximum absolute atomic E-state index is 12.1. The summed E-state index contributed by atoms with van der Waals surface area (Å²) in [5, 5.41) is 11.6. The van der Waals surface area contributed by atoms with Gasteiger partial charge in [0.15, 0.2) is 0 Å². The molecule has 112 valence electrons. The van der Waals surface area contributed by atoms with Crippen molar-refractivity contribution in [2.75, 3.05) is 13.2 Å². The zero-order valence-electron chi connectivity index (χ0n) is 12.5. The van der Waals surface area contributed by atoms with Gasteiger partial charge in [-0.05, 0) is 25.2 Å². The summed E-state index contributed by atoms with van der Waals surface area (Å²) in [6, 6.07) is 0. The van der Waals surface area contributed by atoms with Crippen molar-refractivity contribution in [2.45, 2.75) is 71.1 Å². The third-order valence-electron chi connectivity index (χ3n) is 4.34. The van der Waals surface area contributed by atoms with Crippen molar-refractivity contribution >= 4 is 5.91 Å². The second-order valence-corrected chi connectivity index (χ2v) is 5.94. The number of aliphatic hydroxyl groups is 1. The Kier molecular flexibility index (Phi) is 8.89. The molecule has 3 nitrogen and oxygen atoms in total. The van der Waals surface area contributed by atoms with Gasteiger partial charge in [0.25, 0.3) is 0 Å². The molecule has 2 N–H and O–H groups in total. The monoisotopic (exact) mass is 269 g/mol. The Balaban J connectivity index is 2.32. The van der Waals surface area contributed by atoms with Crippen LogP contribution < -0.4 is 5.32 Å². The second-order valence-electron chi connectivity index (χ2n) is 5.94. The van der Waals surface area contributed by atoms with E-state index in [1.165, 1.54) is 38.5 Å². The number of nitrogens with one attached hydrogen (secondary N) is 1. The standard InChI is InChI=1S/C16H31NO2/c1-2-3-9-15(16(19)17-12-13-18)11-10-14-7-5-4-6-8-14/h14-15,18H,2-13H2,1H3,(H,17,19). The lowest BCUT2D eigenvalue weighted by Gasteiger charge is -2.24. The molecule has 0 aromatic carbocycles. The number of carbonyl (C=O) groups excluding carboxylic acids is 1. The fourth-order valence-electron chi connectivity index (χ4n) is 3.09. The molecule has 1 amide bonds. The van der Waals surface area contributed by atoms with Gasteiger partial charge in [0.1, 0.15) is 0 Å². The first-order valence-electron chi connectivity index (χ1n) is 8.16. The SMILES string of the molecule is CCCCC(CCC1CCCCC1)C(=O)NCCO. The van der Waals surface area contributed by atoms with Crippen molar-refractivity contribution in [3.63, 3.8) is 0 Å². The van der Waals surface area contributed by atoms with Gasteiger partial charge in [-0.15, -0.1) is 0 Å². The summed E-state index contributed by atoms with van der Waals surface area (Å²) in [7, 11) is 0. The lowest BCUT2D eigenvalue weighted by atomic mass is 9.83. The number of hydrogen-bond donors (Lipinski definition) is 2. The molecule has 1 aliphatic carbocycles. The molecule has 0 aliphatic heterocycles. The normalized spacial score (nSPS) is 18.2. The van der Waals surface area contributed by atoms with Crippen LogP contribution in [0.2, 0.25) is 0 Å². The Labute approximate surface area is 118 Å². The highest BCUT2D eigenvalue weighted by molar-refractivity contribution is 5.78. The van der Waals surface area contributed by atoms with Gasteiger partial charge in [0.05, 0.1) is 6.61 Å². The molecule has 1 saturated carbocycles. The van der Waals surface area contributed by atoms with Gasteiger partial charge in [-0.1, -0.05) is 51.9 Å². The van der Waals surface area contributed by atoms with Crippen LogP contribution in [0.25, 0.3) is 0 Å². The summed E-state index contributed by atoms with van der Waals surface area (Å²) in [5.74, 6) is 1.16. The van der Waals surface area contributed by atoms with Gasteiger partial charge in [-0.25, -0.2) is 0 Å². The minimum Gasteiger partial charge on any atom is -0.395 e. The molecule has 1 atom stereocenters. The molecule has 0 radical (unpaired) electrons. The molecule has 1 fully saturated rings. The van der Waals surface area contributed by atoms with Crippen LogP contribution >= 0.6 is 0 Å². The van der Waals surface area contributed by atoms with E-state index in [2.05, 4.69) is 12.2 Å². The quantitative estimate of drug-likeness (QED) is 0.675. The van der Waals surface area contributed by atoms with Gasteiger partial charge < -0.3 is 10.4 Å². The Bertz CT molecular complexity index is 237. The van der Waals surface area contributed by atoms with Crippen LogP contribution in [-0.2, 0) is 4.79 Å². The molecule has 0 saturated heterocycles. The van der Waals surface area contributed by atoms with E-state index in [-0.39, 0.29) is 18.4 Å². The van der Waals surface area contributed by atoms with Crippen LogP contribution in [0, 0.1) is 11.8 Å². The molecule has 3 heteroatoms. The van der Waals surface area contributed by atoms with Crippen LogP contribution in [-0.4, -0.2) is 24.2 Å². The summed E-state index contributed by atoms with van der Waals surface area (Å²) in [4.78, 5) is 12.1. The summed E-state index contributed by atoms with van der Waals surface area (Å²) in [6.45, 7) is 2.60. The van der Waals surface area contributed by atoms with Crippen LogP contribution in [0.4, 0.5) is 0 Å². The minimum absolute atomic E-state index is 0.0366. The topological polar surface area (TPSA) is 49.3 Å². The third kappa shape index (κ3) is 6.95. The zero-order chi connectivity index (χ0) is 13.9. The summed E-state index contributed by atoms with van der Waals surface area (Å²) in [5.41, 5.74) is 0. The van der Waals surface area contributed by atoms with Crippen molar-refractivity contribution < 1.29 is 9.90 Å². The van der Waals surface area contributed by atoms with E-state index in [1.807, 2.05) is 0 Å². The predicted octanol–water partition coefficient (Wildman–Crippen LogP) is 3.26. The molecule has 0 bridgehead atoms. The average molecular weight is 269 g/mol. The number of aliphatic hydroxyl groups excluding tert-OH is 1. The number of amides is 1. The van der Waals surface area contributed by atoms with E-state index in [4.69, 9.17) is 5.11 Å². The molecular weight excluding hydrogens is 238 g/mol. The average Bonchev–Trinajstić information content (AvgIpc) is 2.46. The van der Waals surface area contributed by atoms with Crippen molar-refractivity contribution in [1.82, 2.24) is 5.32 Å². The van der Waals surface area contributed by atoms with Gasteiger partial charge in [0.2, 0.25) is 5.91 Å². The van der Waals surface area contributed by atoms with E-state index < -0.39 is 0 Å². The molecule has 19 heavy (non-hydrogen) atoms. The molecule has 0 heterocycles. The number of carbonyl (C=O) groups is 1. The number of hydrogen-bond acceptors (Lipinski definition) is 2. The van der Waals surface area contributed by atoms with E-state index in [0.29, 0.717) is 6.54 Å². The predicted molar refractivity (Wildman–Crippen MR) is 78.9 cm³/mol. The minimum atomic E-state index is 0.0366. The van der Waals surface area contributed by atoms with Gasteiger partial charge in [-0.3, -0.25) is 4.79 Å². The Morgan fingerprint density at radius 2 is 2.00 bits per heavy atom. The molecule has 0 aromatic rings. The van der Waals surface area contributed by atoms with Crippen LogP contribution in [0.15, 0.2) is 0 Å². The van der Waals surface area contributed by atoms with Crippen molar-refractivity contribution in [2.24, 2.45) is 11.8 Å². The van der Waals surface area contributed by atoms with Crippen molar-refractivity contribution in [3.8, 4) is 0 Å². The lowest BCUT2D eigenvalue weighted by Crippen LogP contribution is -2.33. The summed E-state index contributed by atoms with van der Waals surface area (Å²) in [6.07, 6.45) is 12.4. The van der Waals surface area contributed by atoms with Gasteiger partial charge in [0, 0.05) is 12.5 Å². The van der Waals surface area contributed by atoms with E-state index in [1.54, 1.807) is 0 Å². The van der Waals surface area contributed by atoms with E-state index in [9.17, 15) is 4.79 Å². The maximum Gasteiger partial charge on any atom is 0.223 e. The van der Waals surface area contributed by atoms with Gasteiger partial charge >= 0.3 is 0 Å². The highest BCUT2D eigenvalue weighted by Crippen LogP contribution is 2.29. The lowest BCUT2D eigenvalue weighted by molar-refractivity contribution is -0.125.